The number of aromatic nitrogens is 1. The summed E-state index contributed by atoms with van der Waals surface area (Å²) in [5, 5.41) is 1.25. The van der Waals surface area contributed by atoms with Crippen LogP contribution < -0.4 is 4.74 Å². The van der Waals surface area contributed by atoms with Crippen molar-refractivity contribution in [3.63, 3.8) is 0 Å². The minimum Gasteiger partial charge on any atom is -0.487 e. The van der Waals surface area contributed by atoms with Crippen molar-refractivity contribution in [1.82, 2.24) is 4.57 Å². The van der Waals surface area contributed by atoms with Crippen LogP contribution in [0.2, 0.25) is 0 Å². The lowest BCUT2D eigenvalue weighted by Gasteiger charge is -2.13. The molecule has 0 bridgehead atoms. The molecule has 1 aromatic heterocycles. The molecule has 0 fully saturated rings. The average Bonchev–Trinajstić information content (AvgIpc) is 2.85. The normalized spacial score (nSPS) is 11.2. The van der Waals surface area contributed by atoms with Crippen LogP contribution in [0, 0.1) is 13.8 Å². The highest BCUT2D eigenvalue weighted by Gasteiger charge is 2.16. The molecule has 0 saturated heterocycles. The van der Waals surface area contributed by atoms with Crippen molar-refractivity contribution in [2.24, 2.45) is 0 Å². The number of fused-ring (bicyclic) bond motifs is 1. The van der Waals surface area contributed by atoms with E-state index in [4.69, 9.17) is 9.47 Å². The topological polar surface area (TPSA) is 23.4 Å². The van der Waals surface area contributed by atoms with E-state index < -0.39 is 0 Å². The summed E-state index contributed by atoms with van der Waals surface area (Å²) in [6.45, 7) is 8.42. The first-order valence-electron chi connectivity index (χ1n) is 8.43. The van der Waals surface area contributed by atoms with E-state index in [0.717, 1.165) is 12.3 Å². The first-order valence-corrected chi connectivity index (χ1v) is 8.43. The van der Waals surface area contributed by atoms with E-state index in [1.165, 1.54) is 33.3 Å². The molecule has 2 aromatic carbocycles. The maximum Gasteiger partial charge on any atom is 0.129 e. The van der Waals surface area contributed by atoms with Gasteiger partial charge in [-0.15, -0.1) is 0 Å². The van der Waals surface area contributed by atoms with E-state index in [1.807, 2.05) is 0 Å². The highest BCUT2D eigenvalue weighted by Crippen LogP contribution is 2.28. The Morgan fingerprint density at radius 2 is 1.67 bits per heavy atom. The molecule has 0 saturated carbocycles. The number of para-hydroxylation sites is 1. The number of aryl methyl sites for hydroxylation is 3. The number of hydrogen-bond acceptors (Lipinski definition) is 2. The molecule has 0 atom stereocenters. The maximum atomic E-state index is 6.14. The molecule has 3 rings (SSSR count). The third-order valence-corrected chi connectivity index (χ3v) is 4.37. The van der Waals surface area contributed by atoms with Gasteiger partial charge >= 0.3 is 0 Å². The van der Waals surface area contributed by atoms with Crippen LogP contribution in [0.15, 0.2) is 42.5 Å². The van der Waals surface area contributed by atoms with Crippen molar-refractivity contribution in [2.75, 3.05) is 7.11 Å². The van der Waals surface area contributed by atoms with E-state index in [-0.39, 0.29) is 0 Å². The predicted molar refractivity (Wildman–Crippen MR) is 98.6 cm³/mol. The smallest absolute Gasteiger partial charge is 0.129 e. The maximum absolute atomic E-state index is 6.14. The first-order chi connectivity index (χ1) is 11.6. The number of rotatable bonds is 6. The van der Waals surface area contributed by atoms with Crippen molar-refractivity contribution in [2.45, 2.75) is 40.5 Å². The van der Waals surface area contributed by atoms with Gasteiger partial charge in [0.2, 0.25) is 0 Å². The van der Waals surface area contributed by atoms with Crippen LogP contribution in [0.25, 0.3) is 10.9 Å². The zero-order chi connectivity index (χ0) is 17.1. The summed E-state index contributed by atoms with van der Waals surface area (Å²) in [6, 6.07) is 14.8. The zero-order valence-corrected chi connectivity index (χ0v) is 14.9. The summed E-state index contributed by atoms with van der Waals surface area (Å²) < 4.78 is 13.9. The number of hydrogen-bond donors (Lipinski definition) is 0. The number of benzene rings is 2. The van der Waals surface area contributed by atoms with Crippen molar-refractivity contribution in [1.29, 1.82) is 0 Å². The van der Waals surface area contributed by atoms with Crippen molar-refractivity contribution in [3.8, 4) is 5.75 Å². The largest absolute Gasteiger partial charge is 0.487 e. The fourth-order valence-corrected chi connectivity index (χ4v) is 3.43. The minimum absolute atomic E-state index is 0.546. The van der Waals surface area contributed by atoms with Gasteiger partial charge in [-0.25, -0.2) is 0 Å². The molecule has 0 spiro atoms. The lowest BCUT2D eigenvalue weighted by atomic mass is 10.1. The van der Waals surface area contributed by atoms with Crippen LogP contribution in [0.5, 0.6) is 5.75 Å². The monoisotopic (exact) mass is 323 g/mol. The van der Waals surface area contributed by atoms with Crippen LogP contribution in [-0.4, -0.2) is 11.7 Å². The van der Waals surface area contributed by atoms with Gasteiger partial charge in [-0.3, -0.25) is 0 Å². The molecule has 1 heterocycles. The third kappa shape index (κ3) is 3.17. The standard InChI is InChI=1S/C21H25NO2/c1-5-22-20-9-7-6-8-18(20)19(13-23-4)21(22)14-24-17-11-15(2)10-16(3)12-17/h6-12H,5,13-14H2,1-4H3. The van der Waals surface area contributed by atoms with Gasteiger partial charge < -0.3 is 14.0 Å². The SMILES string of the molecule is CCn1c(COc2cc(C)cc(C)c2)c(COC)c2ccccc21. The Balaban J connectivity index is 1.99. The fourth-order valence-electron chi connectivity index (χ4n) is 3.43. The van der Waals surface area contributed by atoms with Crippen molar-refractivity contribution in [3.05, 3.63) is 64.8 Å². The molecule has 3 heteroatoms. The molecular formula is C21H25NO2. The highest BCUT2D eigenvalue weighted by atomic mass is 16.5. The van der Waals surface area contributed by atoms with E-state index in [9.17, 15) is 0 Å². The molecule has 24 heavy (non-hydrogen) atoms. The third-order valence-electron chi connectivity index (χ3n) is 4.37. The minimum atomic E-state index is 0.546. The second-order valence-corrected chi connectivity index (χ2v) is 6.23. The average molecular weight is 323 g/mol. The van der Waals surface area contributed by atoms with Gasteiger partial charge in [-0.05, 0) is 50.1 Å². The van der Waals surface area contributed by atoms with Gasteiger partial charge in [0.25, 0.3) is 0 Å². The fraction of sp³-hybridized carbons (Fsp3) is 0.333. The molecule has 3 nitrogen and oxygen atoms in total. The number of methoxy groups -OCH3 is 1. The van der Waals surface area contributed by atoms with Gasteiger partial charge in [0.1, 0.15) is 12.4 Å². The summed E-state index contributed by atoms with van der Waals surface area (Å²) in [4.78, 5) is 0. The highest BCUT2D eigenvalue weighted by molar-refractivity contribution is 5.85. The molecule has 0 unspecified atom stereocenters. The zero-order valence-electron chi connectivity index (χ0n) is 14.9. The second-order valence-electron chi connectivity index (χ2n) is 6.23. The Labute approximate surface area is 143 Å². The lowest BCUT2D eigenvalue weighted by Crippen LogP contribution is -2.07. The van der Waals surface area contributed by atoms with Crippen molar-refractivity contribution >= 4 is 10.9 Å². The molecule has 126 valence electrons. The van der Waals surface area contributed by atoms with Gasteiger partial charge in [0.05, 0.1) is 12.3 Å². The van der Waals surface area contributed by atoms with Crippen molar-refractivity contribution < 1.29 is 9.47 Å². The van der Waals surface area contributed by atoms with Gasteiger partial charge in [-0.1, -0.05) is 24.3 Å². The van der Waals surface area contributed by atoms with E-state index >= 15 is 0 Å². The molecule has 3 aromatic rings. The Morgan fingerprint density at radius 3 is 2.33 bits per heavy atom. The number of ether oxygens (including phenoxy) is 2. The quantitative estimate of drug-likeness (QED) is 0.637. The Kier molecular flexibility index (Phi) is 4.91. The molecule has 0 aliphatic carbocycles. The summed E-state index contributed by atoms with van der Waals surface area (Å²) in [6.07, 6.45) is 0. The Morgan fingerprint density at radius 1 is 0.958 bits per heavy atom. The van der Waals surface area contributed by atoms with E-state index in [2.05, 4.69) is 67.8 Å². The lowest BCUT2D eigenvalue weighted by molar-refractivity contribution is 0.182. The van der Waals surface area contributed by atoms with Crippen LogP contribution in [-0.2, 0) is 24.5 Å². The molecule has 0 aliphatic rings. The second kappa shape index (κ2) is 7.10. The summed E-state index contributed by atoms with van der Waals surface area (Å²) in [5.74, 6) is 0.920. The number of nitrogens with zero attached hydrogens (tertiary/aromatic N) is 1. The first kappa shape index (κ1) is 16.6. The van der Waals surface area contributed by atoms with Crippen LogP contribution in [0.1, 0.15) is 29.3 Å². The molecule has 0 N–H and O–H groups in total. The van der Waals surface area contributed by atoms with E-state index in [0.29, 0.717) is 13.2 Å². The Bertz CT molecular complexity index is 828. The molecule has 0 aliphatic heterocycles. The van der Waals surface area contributed by atoms with E-state index in [1.54, 1.807) is 7.11 Å². The van der Waals surface area contributed by atoms with Gasteiger partial charge in [0.15, 0.2) is 0 Å². The van der Waals surface area contributed by atoms with Crippen LogP contribution >= 0.6 is 0 Å². The van der Waals surface area contributed by atoms with Gasteiger partial charge in [0, 0.05) is 30.1 Å². The molecular weight excluding hydrogens is 298 g/mol. The van der Waals surface area contributed by atoms with Crippen LogP contribution in [0.4, 0.5) is 0 Å². The summed E-state index contributed by atoms with van der Waals surface area (Å²) >= 11 is 0. The predicted octanol–water partition coefficient (Wildman–Crippen LogP) is 5.00. The molecule has 0 radical (unpaired) electrons. The molecule has 0 amide bonds. The summed E-state index contributed by atoms with van der Waals surface area (Å²) in [7, 11) is 1.74. The summed E-state index contributed by atoms with van der Waals surface area (Å²) in [5.41, 5.74) is 6.10. The van der Waals surface area contributed by atoms with Gasteiger partial charge in [-0.2, -0.15) is 0 Å². The van der Waals surface area contributed by atoms with Crippen LogP contribution in [0.3, 0.4) is 0 Å². The Hall–Kier alpha value is -2.26.